The predicted molar refractivity (Wildman–Crippen MR) is 152 cm³/mol. The van der Waals surface area contributed by atoms with Crippen LogP contribution in [0.4, 0.5) is 0 Å². The molecule has 0 unspecified atom stereocenters. The van der Waals surface area contributed by atoms with Crippen molar-refractivity contribution in [1.29, 1.82) is 0 Å². The molecule has 0 atom stereocenters. The third-order valence-corrected chi connectivity index (χ3v) is 7.94. The smallest absolute Gasteiger partial charge is 0.255 e. The minimum Gasteiger partial charge on any atom is -0.493 e. The van der Waals surface area contributed by atoms with Crippen molar-refractivity contribution in [3.8, 4) is 5.75 Å². The first-order chi connectivity index (χ1) is 18.0. The maximum absolute atomic E-state index is 13.0. The summed E-state index contributed by atoms with van der Waals surface area (Å²) in [5.41, 5.74) is 3.04. The zero-order valence-electron chi connectivity index (χ0n) is 22.7. The second-order valence-corrected chi connectivity index (χ2v) is 11.8. The highest BCUT2D eigenvalue weighted by Gasteiger charge is 2.23. The van der Waals surface area contributed by atoms with Gasteiger partial charge in [-0.05, 0) is 48.9 Å². The van der Waals surface area contributed by atoms with Crippen LogP contribution in [0.25, 0.3) is 11.0 Å². The number of nitrogens with one attached hydrogen (secondary N) is 2. The van der Waals surface area contributed by atoms with E-state index in [9.17, 15) is 9.59 Å². The summed E-state index contributed by atoms with van der Waals surface area (Å²) in [5, 5.41) is 7.03. The SMILES string of the molecule is CCOc1cc2c(cc1C(=O)NCC1CCC1)nc(Cc1c(Cl)ccc(CNC(=O)C(C)(C)C)c1Cl)n2C. The highest BCUT2D eigenvalue weighted by atomic mass is 35.5. The first kappa shape index (κ1) is 28.2. The Kier molecular flexibility index (Phi) is 8.58. The Labute approximate surface area is 234 Å². The summed E-state index contributed by atoms with van der Waals surface area (Å²) < 4.78 is 7.81. The number of aryl methyl sites for hydroxylation is 1. The van der Waals surface area contributed by atoms with Crippen molar-refractivity contribution in [2.75, 3.05) is 13.2 Å². The highest BCUT2D eigenvalue weighted by molar-refractivity contribution is 6.36. The standard InChI is InChI=1S/C29H36Cl2N4O3/c1-6-38-24-14-23-22(12-20(24)27(36)32-15-17-8-7-9-17)34-25(35(23)5)13-19-21(30)11-10-18(26(19)31)16-33-28(37)29(2,3)4/h10-12,14,17H,6-9,13,15-16H2,1-5H3,(H,32,36)(H,33,37). The molecule has 7 nitrogen and oxygen atoms in total. The molecule has 1 aliphatic rings. The number of hydrogen-bond donors (Lipinski definition) is 2. The molecule has 1 fully saturated rings. The lowest BCUT2D eigenvalue weighted by Gasteiger charge is -2.25. The van der Waals surface area contributed by atoms with E-state index in [2.05, 4.69) is 10.6 Å². The van der Waals surface area contributed by atoms with Gasteiger partial charge in [-0.2, -0.15) is 0 Å². The Bertz CT molecular complexity index is 1360. The third kappa shape index (κ3) is 6.10. The Balaban J connectivity index is 1.62. The molecule has 1 saturated carbocycles. The molecule has 4 rings (SSSR count). The minimum atomic E-state index is -0.498. The van der Waals surface area contributed by atoms with Crippen LogP contribution < -0.4 is 15.4 Å². The van der Waals surface area contributed by atoms with Gasteiger partial charge in [0.1, 0.15) is 11.6 Å². The van der Waals surface area contributed by atoms with Crippen LogP contribution in [0.2, 0.25) is 10.0 Å². The molecule has 0 bridgehead atoms. The van der Waals surface area contributed by atoms with Crippen LogP contribution in [-0.4, -0.2) is 34.5 Å². The van der Waals surface area contributed by atoms with Gasteiger partial charge in [0.05, 0.1) is 28.2 Å². The van der Waals surface area contributed by atoms with E-state index in [4.69, 9.17) is 32.9 Å². The number of imidazole rings is 1. The molecule has 1 aromatic heterocycles. The van der Waals surface area contributed by atoms with Crippen LogP contribution >= 0.6 is 23.2 Å². The lowest BCUT2D eigenvalue weighted by molar-refractivity contribution is -0.128. The van der Waals surface area contributed by atoms with Crippen LogP contribution in [0.5, 0.6) is 5.75 Å². The number of carbonyl (C=O) groups excluding carboxylic acids is 2. The number of rotatable bonds is 9. The molecule has 1 heterocycles. The van der Waals surface area contributed by atoms with E-state index in [0.29, 0.717) is 58.9 Å². The number of halogens is 2. The molecular formula is C29H36Cl2N4O3. The highest BCUT2D eigenvalue weighted by Crippen LogP contribution is 2.33. The van der Waals surface area contributed by atoms with Gasteiger partial charge in [0.15, 0.2) is 0 Å². The van der Waals surface area contributed by atoms with Crippen LogP contribution in [-0.2, 0) is 24.8 Å². The van der Waals surface area contributed by atoms with Gasteiger partial charge in [-0.25, -0.2) is 4.98 Å². The molecule has 0 spiro atoms. The third-order valence-electron chi connectivity index (χ3n) is 7.12. The maximum atomic E-state index is 13.0. The number of fused-ring (bicyclic) bond motifs is 1. The fourth-order valence-electron chi connectivity index (χ4n) is 4.45. The largest absolute Gasteiger partial charge is 0.493 e. The van der Waals surface area contributed by atoms with Gasteiger partial charge < -0.3 is 19.9 Å². The Morgan fingerprint density at radius 2 is 1.89 bits per heavy atom. The van der Waals surface area contributed by atoms with Gasteiger partial charge in [0.25, 0.3) is 5.91 Å². The van der Waals surface area contributed by atoms with Crippen molar-refractivity contribution in [2.45, 2.75) is 59.9 Å². The summed E-state index contributed by atoms with van der Waals surface area (Å²) in [5.74, 6) is 1.64. The van der Waals surface area contributed by atoms with Crippen molar-refractivity contribution >= 4 is 46.0 Å². The molecule has 2 amide bonds. The normalized spacial score (nSPS) is 13.9. The Hall–Kier alpha value is -2.77. The number of aromatic nitrogens is 2. The molecule has 204 valence electrons. The second kappa shape index (κ2) is 11.5. The summed E-state index contributed by atoms with van der Waals surface area (Å²) >= 11 is 13.3. The maximum Gasteiger partial charge on any atom is 0.255 e. The molecule has 1 aliphatic carbocycles. The summed E-state index contributed by atoms with van der Waals surface area (Å²) in [7, 11) is 1.92. The number of nitrogens with zero attached hydrogens (tertiary/aromatic N) is 2. The number of hydrogen-bond acceptors (Lipinski definition) is 4. The van der Waals surface area contributed by atoms with Crippen LogP contribution in [0.1, 0.15) is 74.3 Å². The molecule has 0 aliphatic heterocycles. The molecule has 38 heavy (non-hydrogen) atoms. The van der Waals surface area contributed by atoms with E-state index in [1.54, 1.807) is 12.1 Å². The zero-order chi connectivity index (χ0) is 27.6. The molecular weight excluding hydrogens is 523 g/mol. The number of benzene rings is 2. The van der Waals surface area contributed by atoms with Gasteiger partial charge in [-0.1, -0.05) is 56.5 Å². The summed E-state index contributed by atoms with van der Waals surface area (Å²) in [4.78, 5) is 30.2. The first-order valence-corrected chi connectivity index (χ1v) is 13.9. The summed E-state index contributed by atoms with van der Waals surface area (Å²) in [6, 6.07) is 7.29. The molecule has 9 heteroatoms. The van der Waals surface area contributed by atoms with Crippen molar-refractivity contribution < 1.29 is 14.3 Å². The quantitative estimate of drug-likeness (QED) is 0.334. The first-order valence-electron chi connectivity index (χ1n) is 13.1. The lowest BCUT2D eigenvalue weighted by atomic mass is 9.85. The Morgan fingerprint density at radius 1 is 1.16 bits per heavy atom. The van der Waals surface area contributed by atoms with Gasteiger partial charge in [0.2, 0.25) is 5.91 Å². The van der Waals surface area contributed by atoms with Crippen molar-refractivity contribution in [2.24, 2.45) is 18.4 Å². The van der Waals surface area contributed by atoms with E-state index in [1.165, 1.54) is 6.42 Å². The van der Waals surface area contributed by atoms with Gasteiger partial charge in [-0.3, -0.25) is 9.59 Å². The monoisotopic (exact) mass is 558 g/mol. The van der Waals surface area contributed by atoms with E-state index < -0.39 is 5.41 Å². The molecule has 2 aromatic carbocycles. The van der Waals surface area contributed by atoms with Gasteiger partial charge >= 0.3 is 0 Å². The van der Waals surface area contributed by atoms with Crippen LogP contribution in [0.3, 0.4) is 0 Å². The van der Waals surface area contributed by atoms with Crippen molar-refractivity contribution in [3.63, 3.8) is 0 Å². The van der Waals surface area contributed by atoms with Crippen LogP contribution in [0, 0.1) is 11.3 Å². The molecule has 0 radical (unpaired) electrons. The topological polar surface area (TPSA) is 85.2 Å². The lowest BCUT2D eigenvalue weighted by Crippen LogP contribution is -2.34. The minimum absolute atomic E-state index is 0.0574. The zero-order valence-corrected chi connectivity index (χ0v) is 24.2. The molecule has 2 N–H and O–H groups in total. The second-order valence-electron chi connectivity index (χ2n) is 11.0. The predicted octanol–water partition coefficient (Wildman–Crippen LogP) is 6.06. The van der Waals surface area contributed by atoms with E-state index in [1.807, 2.05) is 51.4 Å². The van der Waals surface area contributed by atoms with Crippen LogP contribution in [0.15, 0.2) is 24.3 Å². The molecule has 0 saturated heterocycles. The van der Waals surface area contributed by atoms with Crippen molar-refractivity contribution in [1.82, 2.24) is 20.2 Å². The number of amides is 2. The van der Waals surface area contributed by atoms with E-state index in [-0.39, 0.29) is 11.8 Å². The van der Waals surface area contributed by atoms with E-state index >= 15 is 0 Å². The fraction of sp³-hybridized carbons (Fsp3) is 0.483. The average Bonchev–Trinajstić information content (AvgIpc) is 3.13. The number of ether oxygens (including phenoxy) is 1. The molecule has 3 aromatic rings. The van der Waals surface area contributed by atoms with Crippen molar-refractivity contribution in [3.05, 3.63) is 56.8 Å². The average molecular weight is 560 g/mol. The summed E-state index contributed by atoms with van der Waals surface area (Å²) in [6.45, 7) is 8.92. The van der Waals surface area contributed by atoms with E-state index in [0.717, 1.165) is 35.3 Å². The summed E-state index contributed by atoms with van der Waals surface area (Å²) in [6.07, 6.45) is 3.94. The van der Waals surface area contributed by atoms with Gasteiger partial charge in [0, 0.05) is 43.1 Å². The number of carbonyl (C=O) groups is 2. The Morgan fingerprint density at radius 3 is 2.53 bits per heavy atom. The van der Waals surface area contributed by atoms with Gasteiger partial charge in [-0.15, -0.1) is 0 Å². The fourth-order valence-corrected chi connectivity index (χ4v) is 5.02.